The fourth-order valence-corrected chi connectivity index (χ4v) is 4.68. The van der Waals surface area contributed by atoms with Crippen molar-refractivity contribution in [3.63, 3.8) is 0 Å². The number of nitrogens with zero attached hydrogens (tertiary/aromatic N) is 1. The molecule has 0 saturated heterocycles. The topological polar surface area (TPSA) is 34.2 Å². The Labute approximate surface area is 192 Å². The van der Waals surface area contributed by atoms with E-state index < -0.39 is 0 Å². The van der Waals surface area contributed by atoms with Gasteiger partial charge in [-0.1, -0.05) is 54.6 Å². The van der Waals surface area contributed by atoms with Crippen LogP contribution in [0.1, 0.15) is 16.7 Å². The van der Waals surface area contributed by atoms with Gasteiger partial charge in [0.25, 0.3) is 0 Å². The van der Waals surface area contributed by atoms with Crippen molar-refractivity contribution in [2.45, 2.75) is 20.1 Å². The average molecular weight is 437 g/mol. The summed E-state index contributed by atoms with van der Waals surface area (Å²) < 4.78 is 7.31. The first-order valence-electron chi connectivity index (χ1n) is 10.7. The van der Waals surface area contributed by atoms with Gasteiger partial charge in [-0.2, -0.15) is 0 Å². The fraction of sp³-hybridized carbons (Fsp3) is 0.107. The molecule has 4 heteroatoms. The van der Waals surface area contributed by atoms with Gasteiger partial charge in [-0.3, -0.25) is 0 Å². The Kier molecular flexibility index (Phi) is 5.86. The maximum absolute atomic E-state index is 6.08. The third-order valence-corrected chi connectivity index (χ3v) is 6.44. The second-order valence-corrected chi connectivity index (χ2v) is 8.83. The molecule has 5 aromatic rings. The van der Waals surface area contributed by atoms with Crippen molar-refractivity contribution < 1.29 is 4.74 Å². The number of rotatable bonds is 7. The van der Waals surface area contributed by atoms with Crippen molar-refractivity contribution in [3.05, 3.63) is 114 Å². The van der Waals surface area contributed by atoms with Crippen LogP contribution in [-0.4, -0.2) is 4.98 Å². The molecule has 0 spiro atoms. The molecule has 158 valence electrons. The summed E-state index contributed by atoms with van der Waals surface area (Å²) in [6.07, 6.45) is 0. The molecule has 3 nitrogen and oxygen atoms in total. The van der Waals surface area contributed by atoms with Crippen LogP contribution in [0.3, 0.4) is 0 Å². The minimum Gasteiger partial charge on any atom is -0.489 e. The first-order chi connectivity index (χ1) is 15.7. The predicted molar refractivity (Wildman–Crippen MR) is 134 cm³/mol. The lowest BCUT2D eigenvalue weighted by Crippen LogP contribution is -2.03. The number of thiazole rings is 1. The summed E-state index contributed by atoms with van der Waals surface area (Å²) in [5.41, 5.74) is 6.83. The number of hydrogen-bond acceptors (Lipinski definition) is 4. The molecule has 0 radical (unpaired) electrons. The van der Waals surface area contributed by atoms with Crippen LogP contribution in [0.25, 0.3) is 20.8 Å². The Bertz CT molecular complexity index is 1330. The zero-order valence-electron chi connectivity index (χ0n) is 17.9. The zero-order valence-corrected chi connectivity index (χ0v) is 18.7. The van der Waals surface area contributed by atoms with Crippen LogP contribution < -0.4 is 10.1 Å². The number of hydrogen-bond donors (Lipinski definition) is 1. The number of aromatic nitrogens is 1. The molecule has 4 aromatic carbocycles. The first kappa shape index (κ1) is 20.3. The van der Waals surface area contributed by atoms with Crippen molar-refractivity contribution in [1.29, 1.82) is 0 Å². The molecule has 0 fully saturated rings. The van der Waals surface area contributed by atoms with E-state index >= 15 is 0 Å². The number of aryl methyl sites for hydroxylation is 1. The summed E-state index contributed by atoms with van der Waals surface area (Å²) in [5, 5.41) is 4.57. The molecular formula is C28H24N2OS. The van der Waals surface area contributed by atoms with Crippen LogP contribution in [-0.2, 0) is 13.2 Å². The fourth-order valence-electron chi connectivity index (χ4n) is 3.61. The Hall–Kier alpha value is -3.63. The van der Waals surface area contributed by atoms with Crippen molar-refractivity contribution in [2.24, 2.45) is 0 Å². The maximum Gasteiger partial charge on any atom is 0.124 e. The van der Waals surface area contributed by atoms with E-state index in [4.69, 9.17) is 9.72 Å². The summed E-state index contributed by atoms with van der Waals surface area (Å²) >= 11 is 1.74. The highest BCUT2D eigenvalue weighted by Crippen LogP contribution is 2.31. The van der Waals surface area contributed by atoms with E-state index in [1.807, 2.05) is 36.4 Å². The Morgan fingerprint density at radius 2 is 1.62 bits per heavy atom. The zero-order chi connectivity index (χ0) is 21.8. The summed E-state index contributed by atoms with van der Waals surface area (Å²) in [5.74, 6) is 0.908. The van der Waals surface area contributed by atoms with Gasteiger partial charge in [-0.25, -0.2) is 4.98 Å². The molecule has 1 aromatic heterocycles. The molecule has 0 aliphatic rings. The quantitative estimate of drug-likeness (QED) is 0.287. The molecule has 0 aliphatic heterocycles. The largest absolute Gasteiger partial charge is 0.489 e. The first-order valence-corrected chi connectivity index (χ1v) is 11.5. The van der Waals surface area contributed by atoms with Crippen LogP contribution in [0.5, 0.6) is 5.75 Å². The standard InChI is InChI=1S/C28H24N2OS/c1-20-11-16-25-27(17-20)32-28(30-25)22-12-14-24(15-13-22)29-18-23-9-5-6-10-26(23)31-19-21-7-3-2-4-8-21/h2-17,29H,18-19H2,1H3. The third kappa shape index (κ3) is 4.66. The van der Waals surface area contributed by atoms with Gasteiger partial charge in [-0.05, 0) is 60.5 Å². The second kappa shape index (κ2) is 9.25. The SMILES string of the molecule is Cc1ccc2nc(-c3ccc(NCc4ccccc4OCc4ccccc4)cc3)sc2c1. The molecule has 0 amide bonds. The van der Waals surface area contributed by atoms with E-state index in [2.05, 4.69) is 72.9 Å². The van der Waals surface area contributed by atoms with Crippen molar-refractivity contribution in [2.75, 3.05) is 5.32 Å². The van der Waals surface area contributed by atoms with Crippen LogP contribution in [0.2, 0.25) is 0 Å². The lowest BCUT2D eigenvalue weighted by Gasteiger charge is -2.13. The molecule has 0 aliphatic carbocycles. The van der Waals surface area contributed by atoms with E-state index in [1.165, 1.54) is 10.3 Å². The van der Waals surface area contributed by atoms with Gasteiger partial charge in [0.15, 0.2) is 0 Å². The molecule has 0 bridgehead atoms. The molecule has 0 atom stereocenters. The molecular weight excluding hydrogens is 412 g/mol. The lowest BCUT2D eigenvalue weighted by atomic mass is 10.1. The number of para-hydroxylation sites is 1. The van der Waals surface area contributed by atoms with Crippen molar-refractivity contribution in [1.82, 2.24) is 4.98 Å². The van der Waals surface area contributed by atoms with E-state index in [1.54, 1.807) is 11.3 Å². The van der Waals surface area contributed by atoms with Gasteiger partial charge in [-0.15, -0.1) is 11.3 Å². The molecule has 0 unspecified atom stereocenters. The number of benzene rings is 4. The van der Waals surface area contributed by atoms with E-state index in [0.29, 0.717) is 13.2 Å². The van der Waals surface area contributed by atoms with Gasteiger partial charge < -0.3 is 10.1 Å². The predicted octanol–water partition coefficient (Wildman–Crippen LogP) is 7.46. The van der Waals surface area contributed by atoms with Crippen LogP contribution in [0, 0.1) is 6.92 Å². The highest BCUT2D eigenvalue weighted by Gasteiger charge is 2.07. The number of anilines is 1. The van der Waals surface area contributed by atoms with E-state index in [0.717, 1.165) is 38.7 Å². The Balaban J connectivity index is 1.25. The lowest BCUT2D eigenvalue weighted by molar-refractivity contribution is 0.303. The summed E-state index contributed by atoms with van der Waals surface area (Å²) in [4.78, 5) is 4.79. The van der Waals surface area contributed by atoms with Gasteiger partial charge in [0, 0.05) is 23.4 Å². The average Bonchev–Trinajstić information content (AvgIpc) is 3.26. The monoisotopic (exact) mass is 436 g/mol. The summed E-state index contributed by atoms with van der Waals surface area (Å²) in [6, 6.07) is 33.3. The molecule has 1 heterocycles. The van der Waals surface area contributed by atoms with Gasteiger partial charge in [0.1, 0.15) is 17.4 Å². The molecule has 0 saturated carbocycles. The number of fused-ring (bicyclic) bond motifs is 1. The van der Waals surface area contributed by atoms with Gasteiger partial charge in [0.2, 0.25) is 0 Å². The van der Waals surface area contributed by atoms with Crippen LogP contribution in [0.4, 0.5) is 5.69 Å². The number of ether oxygens (including phenoxy) is 1. The van der Waals surface area contributed by atoms with Crippen LogP contribution >= 0.6 is 11.3 Å². The Morgan fingerprint density at radius 1 is 0.844 bits per heavy atom. The van der Waals surface area contributed by atoms with E-state index in [-0.39, 0.29) is 0 Å². The molecule has 5 rings (SSSR count). The molecule has 1 N–H and O–H groups in total. The third-order valence-electron chi connectivity index (χ3n) is 5.37. The maximum atomic E-state index is 6.08. The highest BCUT2D eigenvalue weighted by molar-refractivity contribution is 7.21. The normalized spacial score (nSPS) is 10.9. The van der Waals surface area contributed by atoms with Gasteiger partial charge in [0.05, 0.1) is 10.2 Å². The minimum atomic E-state index is 0.564. The Morgan fingerprint density at radius 3 is 2.47 bits per heavy atom. The van der Waals surface area contributed by atoms with Crippen molar-refractivity contribution >= 4 is 27.2 Å². The van der Waals surface area contributed by atoms with Gasteiger partial charge >= 0.3 is 0 Å². The van der Waals surface area contributed by atoms with Crippen molar-refractivity contribution in [3.8, 4) is 16.3 Å². The summed E-state index contributed by atoms with van der Waals surface area (Å²) in [6.45, 7) is 3.38. The van der Waals surface area contributed by atoms with Crippen LogP contribution in [0.15, 0.2) is 97.1 Å². The number of nitrogens with one attached hydrogen (secondary N) is 1. The van der Waals surface area contributed by atoms with E-state index in [9.17, 15) is 0 Å². The smallest absolute Gasteiger partial charge is 0.124 e. The summed E-state index contributed by atoms with van der Waals surface area (Å²) in [7, 11) is 0. The second-order valence-electron chi connectivity index (χ2n) is 7.80. The highest BCUT2D eigenvalue weighted by atomic mass is 32.1. The molecule has 32 heavy (non-hydrogen) atoms. The minimum absolute atomic E-state index is 0.564.